The van der Waals surface area contributed by atoms with E-state index in [4.69, 9.17) is 10.5 Å². The van der Waals surface area contributed by atoms with Gasteiger partial charge in [0.05, 0.1) is 6.61 Å². The van der Waals surface area contributed by atoms with Crippen LogP contribution in [0.2, 0.25) is 0 Å². The minimum atomic E-state index is -0.527. The van der Waals surface area contributed by atoms with Gasteiger partial charge in [0.15, 0.2) is 0 Å². The maximum Gasteiger partial charge on any atom is 0.324 e. The minimum Gasteiger partial charge on any atom is -0.465 e. The quantitative estimate of drug-likeness (QED) is 0.699. The van der Waals surface area contributed by atoms with Crippen molar-refractivity contribution in [1.82, 2.24) is 9.80 Å². The molecule has 0 aromatic heterocycles. The van der Waals surface area contributed by atoms with Crippen molar-refractivity contribution >= 4 is 5.97 Å². The van der Waals surface area contributed by atoms with Crippen LogP contribution in [0.25, 0.3) is 0 Å². The van der Waals surface area contributed by atoms with E-state index in [2.05, 4.69) is 23.8 Å². The summed E-state index contributed by atoms with van der Waals surface area (Å²) in [5.74, 6) is -0.294. The molecule has 100 valence electrons. The molecule has 5 nitrogen and oxygen atoms in total. The molecule has 1 saturated heterocycles. The van der Waals surface area contributed by atoms with Crippen molar-refractivity contribution in [2.24, 2.45) is 5.73 Å². The Balaban J connectivity index is 2.46. The second-order valence-corrected chi connectivity index (χ2v) is 4.82. The topological polar surface area (TPSA) is 58.8 Å². The molecular formula is C12H25N3O2. The molecule has 1 heterocycles. The Morgan fingerprint density at radius 2 is 2.24 bits per heavy atom. The summed E-state index contributed by atoms with van der Waals surface area (Å²) in [5, 5.41) is 0. The first-order valence-corrected chi connectivity index (χ1v) is 6.39. The lowest BCUT2D eigenvalue weighted by molar-refractivity contribution is -0.145. The Morgan fingerprint density at radius 3 is 2.88 bits per heavy atom. The summed E-state index contributed by atoms with van der Waals surface area (Å²) >= 11 is 0. The number of carbonyl (C=O) groups excluding carboxylic acids is 1. The number of carbonyl (C=O) groups is 1. The molecule has 0 saturated carbocycles. The number of rotatable bonds is 4. The molecule has 2 N–H and O–H groups in total. The van der Waals surface area contributed by atoms with Gasteiger partial charge in [0.2, 0.25) is 0 Å². The van der Waals surface area contributed by atoms with Gasteiger partial charge in [-0.15, -0.1) is 0 Å². The highest BCUT2D eigenvalue weighted by Crippen LogP contribution is 2.09. The molecule has 0 spiro atoms. The molecule has 1 rings (SSSR count). The van der Waals surface area contributed by atoms with Crippen LogP contribution < -0.4 is 5.73 Å². The first-order chi connectivity index (χ1) is 8.04. The molecule has 0 aromatic rings. The van der Waals surface area contributed by atoms with Gasteiger partial charge < -0.3 is 15.4 Å². The monoisotopic (exact) mass is 243 g/mol. The van der Waals surface area contributed by atoms with Crippen molar-refractivity contribution in [3.63, 3.8) is 0 Å². The summed E-state index contributed by atoms with van der Waals surface area (Å²) in [4.78, 5) is 16.1. The first kappa shape index (κ1) is 14.4. The standard InChI is InChI=1S/C12H25N3O2/c1-4-17-12(16)11(13)9-15-7-5-6-14(3)8-10(15)2/h10-11H,4-9,13H2,1-3H3. The largest absolute Gasteiger partial charge is 0.465 e. The highest BCUT2D eigenvalue weighted by Gasteiger charge is 2.24. The summed E-state index contributed by atoms with van der Waals surface area (Å²) < 4.78 is 4.93. The Morgan fingerprint density at radius 1 is 1.53 bits per heavy atom. The number of nitrogens with zero attached hydrogens (tertiary/aromatic N) is 2. The predicted molar refractivity (Wildman–Crippen MR) is 67.8 cm³/mol. The Hall–Kier alpha value is -0.650. The molecule has 1 fully saturated rings. The van der Waals surface area contributed by atoms with Crippen LogP contribution in [-0.2, 0) is 9.53 Å². The molecule has 0 aliphatic carbocycles. The van der Waals surface area contributed by atoms with Crippen molar-refractivity contribution in [1.29, 1.82) is 0 Å². The van der Waals surface area contributed by atoms with Gasteiger partial charge in [0, 0.05) is 19.1 Å². The molecule has 1 aliphatic rings. The molecular weight excluding hydrogens is 218 g/mol. The number of hydrogen-bond acceptors (Lipinski definition) is 5. The third kappa shape index (κ3) is 4.61. The average Bonchev–Trinajstić information content (AvgIpc) is 2.41. The summed E-state index contributed by atoms with van der Waals surface area (Å²) in [6.45, 7) is 8.09. The first-order valence-electron chi connectivity index (χ1n) is 6.39. The van der Waals surface area contributed by atoms with E-state index in [9.17, 15) is 4.79 Å². The summed E-state index contributed by atoms with van der Waals surface area (Å²) in [6, 6.07) is -0.0937. The number of nitrogens with two attached hydrogens (primary N) is 1. The lowest BCUT2D eigenvalue weighted by atomic mass is 10.2. The van der Waals surface area contributed by atoms with Crippen molar-refractivity contribution < 1.29 is 9.53 Å². The van der Waals surface area contributed by atoms with E-state index in [1.165, 1.54) is 0 Å². The van der Waals surface area contributed by atoms with E-state index in [1.54, 1.807) is 6.92 Å². The fourth-order valence-corrected chi connectivity index (χ4v) is 2.27. The van der Waals surface area contributed by atoms with Crippen LogP contribution in [0.4, 0.5) is 0 Å². The maximum absolute atomic E-state index is 11.5. The zero-order valence-corrected chi connectivity index (χ0v) is 11.2. The number of ether oxygens (including phenoxy) is 1. The second-order valence-electron chi connectivity index (χ2n) is 4.82. The van der Waals surface area contributed by atoms with E-state index in [-0.39, 0.29) is 5.97 Å². The van der Waals surface area contributed by atoms with Crippen molar-refractivity contribution in [2.75, 3.05) is 39.8 Å². The predicted octanol–water partition coefficient (Wildman–Crippen LogP) is -0.0972. The van der Waals surface area contributed by atoms with Gasteiger partial charge >= 0.3 is 5.97 Å². The number of likely N-dealkylation sites (N-methyl/N-ethyl adjacent to an activating group) is 1. The van der Waals surface area contributed by atoms with Crippen LogP contribution in [0.3, 0.4) is 0 Å². The fourth-order valence-electron chi connectivity index (χ4n) is 2.27. The molecule has 2 atom stereocenters. The van der Waals surface area contributed by atoms with E-state index in [1.807, 2.05) is 0 Å². The lowest BCUT2D eigenvalue weighted by Gasteiger charge is -2.29. The van der Waals surface area contributed by atoms with Crippen LogP contribution in [0, 0.1) is 0 Å². The van der Waals surface area contributed by atoms with E-state index < -0.39 is 6.04 Å². The third-order valence-corrected chi connectivity index (χ3v) is 3.20. The molecule has 1 aliphatic heterocycles. The minimum absolute atomic E-state index is 0.294. The molecule has 0 amide bonds. The maximum atomic E-state index is 11.5. The summed E-state index contributed by atoms with van der Waals surface area (Å²) in [6.07, 6.45) is 1.12. The zero-order chi connectivity index (χ0) is 12.8. The fraction of sp³-hybridized carbons (Fsp3) is 0.917. The van der Waals surface area contributed by atoms with Crippen LogP contribution in [-0.4, -0.2) is 67.7 Å². The van der Waals surface area contributed by atoms with Gasteiger partial charge in [-0.05, 0) is 40.4 Å². The van der Waals surface area contributed by atoms with E-state index >= 15 is 0 Å². The smallest absolute Gasteiger partial charge is 0.324 e. The lowest BCUT2D eigenvalue weighted by Crippen LogP contribution is -2.48. The normalized spacial score (nSPS) is 25.3. The molecule has 2 unspecified atom stereocenters. The number of esters is 1. The van der Waals surface area contributed by atoms with Gasteiger partial charge in [0.25, 0.3) is 0 Å². The molecule has 0 bridgehead atoms. The van der Waals surface area contributed by atoms with Gasteiger partial charge in [-0.2, -0.15) is 0 Å². The van der Waals surface area contributed by atoms with Gasteiger partial charge in [-0.3, -0.25) is 9.69 Å². The highest BCUT2D eigenvalue weighted by atomic mass is 16.5. The zero-order valence-electron chi connectivity index (χ0n) is 11.2. The SMILES string of the molecule is CCOC(=O)C(N)CN1CCCN(C)CC1C. The van der Waals surface area contributed by atoms with Crippen LogP contribution in [0.5, 0.6) is 0 Å². The highest BCUT2D eigenvalue weighted by molar-refractivity contribution is 5.75. The Labute approximate surface area is 104 Å². The third-order valence-electron chi connectivity index (χ3n) is 3.20. The van der Waals surface area contributed by atoms with E-state index in [0.717, 1.165) is 26.1 Å². The van der Waals surface area contributed by atoms with Gasteiger partial charge in [-0.25, -0.2) is 0 Å². The van der Waals surface area contributed by atoms with Crippen molar-refractivity contribution in [3.8, 4) is 0 Å². The van der Waals surface area contributed by atoms with Crippen LogP contribution in [0.15, 0.2) is 0 Å². The molecule has 17 heavy (non-hydrogen) atoms. The number of hydrogen-bond donors (Lipinski definition) is 1. The molecule has 0 radical (unpaired) electrons. The molecule has 0 aromatic carbocycles. The average molecular weight is 243 g/mol. The van der Waals surface area contributed by atoms with Gasteiger partial charge in [0.1, 0.15) is 6.04 Å². The Bertz CT molecular complexity index is 248. The van der Waals surface area contributed by atoms with Crippen LogP contribution >= 0.6 is 0 Å². The Kier molecular flexibility index (Phi) is 5.88. The van der Waals surface area contributed by atoms with Crippen LogP contribution in [0.1, 0.15) is 20.3 Å². The second kappa shape index (κ2) is 6.93. The van der Waals surface area contributed by atoms with Crippen molar-refractivity contribution in [2.45, 2.75) is 32.4 Å². The van der Waals surface area contributed by atoms with E-state index in [0.29, 0.717) is 19.2 Å². The van der Waals surface area contributed by atoms with Crippen molar-refractivity contribution in [3.05, 3.63) is 0 Å². The summed E-state index contributed by atoms with van der Waals surface area (Å²) in [5.41, 5.74) is 5.85. The summed E-state index contributed by atoms with van der Waals surface area (Å²) in [7, 11) is 2.13. The molecule has 5 heteroatoms. The van der Waals surface area contributed by atoms with Gasteiger partial charge in [-0.1, -0.05) is 0 Å².